The van der Waals surface area contributed by atoms with Crippen LogP contribution in [0.5, 0.6) is 0 Å². The highest BCUT2D eigenvalue weighted by Gasteiger charge is 2.30. The van der Waals surface area contributed by atoms with Crippen LogP contribution in [-0.2, 0) is 4.79 Å². The molecule has 0 saturated heterocycles. The summed E-state index contributed by atoms with van der Waals surface area (Å²) in [6, 6.07) is 6.60. The molecule has 1 aromatic heterocycles. The number of thioether (sulfide) groups is 1. The Labute approximate surface area is 169 Å². The molecule has 1 fully saturated rings. The number of carbonyl (C=O) groups excluding carboxylic acids is 1. The van der Waals surface area contributed by atoms with Crippen LogP contribution in [0, 0.1) is 29.1 Å². The molecule has 0 atom stereocenters. The minimum Gasteiger partial charge on any atom is -0.320 e. The largest absolute Gasteiger partial charge is 0.320 e. The molecular formula is C19H12F5N3O2S. The van der Waals surface area contributed by atoms with E-state index in [0.717, 1.165) is 24.6 Å². The third-order valence-corrected chi connectivity index (χ3v) is 5.45. The van der Waals surface area contributed by atoms with Crippen LogP contribution in [0.15, 0.2) is 34.2 Å². The van der Waals surface area contributed by atoms with E-state index in [-0.39, 0.29) is 16.8 Å². The molecule has 156 valence electrons. The van der Waals surface area contributed by atoms with Gasteiger partial charge in [0.1, 0.15) is 5.69 Å². The summed E-state index contributed by atoms with van der Waals surface area (Å²) in [4.78, 5) is 29.3. The van der Waals surface area contributed by atoms with Gasteiger partial charge in [-0.25, -0.2) is 26.9 Å². The summed E-state index contributed by atoms with van der Waals surface area (Å²) >= 11 is 0.828. The first kappa shape index (κ1) is 20.3. The van der Waals surface area contributed by atoms with E-state index in [1.54, 1.807) is 29.6 Å². The number of nitrogens with one attached hydrogen (secondary N) is 1. The summed E-state index contributed by atoms with van der Waals surface area (Å²) in [7, 11) is 0. The Morgan fingerprint density at radius 2 is 1.63 bits per heavy atom. The molecular weight excluding hydrogens is 429 g/mol. The second-order valence-electron chi connectivity index (χ2n) is 6.60. The van der Waals surface area contributed by atoms with Gasteiger partial charge < -0.3 is 5.32 Å². The predicted octanol–water partition coefficient (Wildman–Crippen LogP) is 4.16. The van der Waals surface area contributed by atoms with Crippen LogP contribution in [0.25, 0.3) is 10.9 Å². The molecule has 5 nitrogen and oxygen atoms in total. The van der Waals surface area contributed by atoms with Gasteiger partial charge in [0.2, 0.25) is 11.7 Å². The quantitative estimate of drug-likeness (QED) is 0.212. The van der Waals surface area contributed by atoms with Crippen molar-refractivity contribution in [1.29, 1.82) is 0 Å². The van der Waals surface area contributed by atoms with Crippen LogP contribution in [0.3, 0.4) is 0 Å². The van der Waals surface area contributed by atoms with Crippen molar-refractivity contribution in [2.75, 3.05) is 11.1 Å². The fraction of sp³-hybridized carbons (Fsp3) is 0.211. The normalized spacial score (nSPS) is 13.6. The Balaban J connectivity index is 1.59. The maximum atomic E-state index is 13.7. The van der Waals surface area contributed by atoms with E-state index < -0.39 is 46.4 Å². The maximum Gasteiger partial charge on any atom is 0.262 e. The van der Waals surface area contributed by atoms with Crippen molar-refractivity contribution in [2.24, 2.45) is 0 Å². The van der Waals surface area contributed by atoms with Crippen molar-refractivity contribution in [3.63, 3.8) is 0 Å². The third-order valence-electron chi connectivity index (χ3n) is 4.49. The van der Waals surface area contributed by atoms with Crippen LogP contribution in [0.4, 0.5) is 27.6 Å². The van der Waals surface area contributed by atoms with Gasteiger partial charge in [-0.3, -0.25) is 14.2 Å². The van der Waals surface area contributed by atoms with Crippen molar-refractivity contribution in [2.45, 2.75) is 24.0 Å². The molecule has 1 saturated carbocycles. The molecule has 0 aliphatic heterocycles. The molecule has 3 aromatic rings. The lowest BCUT2D eigenvalue weighted by Gasteiger charge is -2.13. The average Bonchev–Trinajstić information content (AvgIpc) is 3.57. The first-order chi connectivity index (χ1) is 14.3. The van der Waals surface area contributed by atoms with Crippen LogP contribution in [0.2, 0.25) is 0 Å². The van der Waals surface area contributed by atoms with Gasteiger partial charge in [-0.2, -0.15) is 0 Å². The zero-order chi connectivity index (χ0) is 21.6. The maximum absolute atomic E-state index is 13.7. The first-order valence-electron chi connectivity index (χ1n) is 8.75. The fourth-order valence-corrected chi connectivity index (χ4v) is 3.77. The Hall–Kier alpha value is -2.95. The van der Waals surface area contributed by atoms with Gasteiger partial charge in [0, 0.05) is 6.04 Å². The van der Waals surface area contributed by atoms with Crippen LogP contribution >= 0.6 is 11.8 Å². The van der Waals surface area contributed by atoms with Gasteiger partial charge in [0.15, 0.2) is 28.4 Å². The summed E-state index contributed by atoms with van der Waals surface area (Å²) in [6.07, 6.45) is 1.54. The summed E-state index contributed by atoms with van der Waals surface area (Å²) < 4.78 is 68.6. The topological polar surface area (TPSA) is 64.0 Å². The van der Waals surface area contributed by atoms with Crippen molar-refractivity contribution in [1.82, 2.24) is 9.55 Å². The van der Waals surface area contributed by atoms with Crippen molar-refractivity contribution in [3.05, 3.63) is 63.7 Å². The summed E-state index contributed by atoms with van der Waals surface area (Å²) in [5.74, 6) is -12.4. The lowest BCUT2D eigenvalue weighted by atomic mass is 10.2. The number of hydrogen-bond acceptors (Lipinski definition) is 4. The Morgan fingerprint density at radius 3 is 2.27 bits per heavy atom. The molecule has 1 amide bonds. The summed E-state index contributed by atoms with van der Waals surface area (Å²) in [5, 5.41) is 2.35. The van der Waals surface area contributed by atoms with Gasteiger partial charge in [-0.15, -0.1) is 0 Å². The zero-order valence-corrected chi connectivity index (χ0v) is 15.8. The number of hydrogen-bond donors (Lipinski definition) is 1. The van der Waals surface area contributed by atoms with E-state index in [2.05, 4.69) is 4.98 Å². The number of benzene rings is 2. The molecule has 1 aliphatic carbocycles. The second kappa shape index (κ2) is 7.71. The number of nitrogens with zero attached hydrogens (tertiary/aromatic N) is 2. The summed E-state index contributed by atoms with van der Waals surface area (Å²) in [5.41, 5.74) is -1.28. The molecule has 0 radical (unpaired) electrons. The smallest absolute Gasteiger partial charge is 0.262 e. The number of amides is 1. The monoisotopic (exact) mass is 441 g/mol. The minimum absolute atomic E-state index is 0.0599. The number of aromatic nitrogens is 2. The van der Waals surface area contributed by atoms with Crippen LogP contribution < -0.4 is 10.9 Å². The van der Waals surface area contributed by atoms with Gasteiger partial charge >= 0.3 is 0 Å². The van der Waals surface area contributed by atoms with Crippen LogP contribution in [0.1, 0.15) is 18.9 Å². The molecule has 1 aliphatic rings. The van der Waals surface area contributed by atoms with E-state index in [1.807, 2.05) is 0 Å². The number of carbonyl (C=O) groups is 1. The standard InChI is InChI=1S/C19H12F5N3O2S/c20-12-13(21)15(23)17(16(24)14(12)22)26-11(28)7-30-19-25-10-4-2-1-3-9(10)18(29)27(19)8-5-6-8/h1-4,8H,5-7H2,(H,26,28). The number of anilines is 1. The van der Waals surface area contributed by atoms with E-state index in [4.69, 9.17) is 0 Å². The Morgan fingerprint density at radius 1 is 1.03 bits per heavy atom. The molecule has 4 rings (SSSR count). The number of para-hydroxylation sites is 1. The molecule has 1 N–H and O–H groups in total. The van der Waals surface area contributed by atoms with Gasteiger partial charge in [0.05, 0.1) is 16.7 Å². The number of halogens is 5. The van der Waals surface area contributed by atoms with E-state index >= 15 is 0 Å². The molecule has 0 bridgehead atoms. The predicted molar refractivity (Wildman–Crippen MR) is 99.9 cm³/mol. The van der Waals surface area contributed by atoms with E-state index in [0.29, 0.717) is 10.9 Å². The van der Waals surface area contributed by atoms with E-state index in [1.165, 1.54) is 4.57 Å². The molecule has 30 heavy (non-hydrogen) atoms. The third kappa shape index (κ3) is 3.53. The zero-order valence-electron chi connectivity index (χ0n) is 15.0. The molecule has 1 heterocycles. The highest BCUT2D eigenvalue weighted by Crippen LogP contribution is 2.37. The van der Waals surface area contributed by atoms with Gasteiger partial charge in [0.25, 0.3) is 5.56 Å². The highest BCUT2D eigenvalue weighted by atomic mass is 32.2. The minimum atomic E-state index is -2.31. The Kier molecular flexibility index (Phi) is 5.22. The molecule has 0 unspecified atom stereocenters. The molecule has 11 heteroatoms. The average molecular weight is 441 g/mol. The van der Waals surface area contributed by atoms with Crippen LogP contribution in [-0.4, -0.2) is 21.2 Å². The first-order valence-corrected chi connectivity index (χ1v) is 9.73. The second-order valence-corrected chi connectivity index (χ2v) is 7.54. The fourth-order valence-electron chi connectivity index (χ4n) is 2.90. The Bertz CT molecular complexity index is 1210. The van der Waals surface area contributed by atoms with Crippen molar-refractivity contribution >= 4 is 34.3 Å². The summed E-state index contributed by atoms with van der Waals surface area (Å²) in [6.45, 7) is 0. The highest BCUT2D eigenvalue weighted by molar-refractivity contribution is 7.99. The molecule has 2 aromatic carbocycles. The number of fused-ring (bicyclic) bond motifs is 1. The van der Waals surface area contributed by atoms with E-state index in [9.17, 15) is 31.5 Å². The van der Waals surface area contributed by atoms with Gasteiger partial charge in [-0.05, 0) is 25.0 Å². The SMILES string of the molecule is O=C(CSc1nc2ccccc2c(=O)n1C1CC1)Nc1c(F)c(F)c(F)c(F)c1F. The lowest BCUT2D eigenvalue weighted by Crippen LogP contribution is -2.24. The molecule has 0 spiro atoms. The van der Waals surface area contributed by atoms with Gasteiger partial charge in [-0.1, -0.05) is 23.9 Å². The van der Waals surface area contributed by atoms with Crippen molar-refractivity contribution in [3.8, 4) is 0 Å². The lowest BCUT2D eigenvalue weighted by molar-refractivity contribution is -0.113. The number of rotatable bonds is 5. The van der Waals surface area contributed by atoms with Crippen molar-refractivity contribution < 1.29 is 26.7 Å².